The highest BCUT2D eigenvalue weighted by Gasteiger charge is 2.55. The van der Waals surface area contributed by atoms with E-state index in [1.807, 2.05) is 50.2 Å². The lowest BCUT2D eigenvalue weighted by Gasteiger charge is -2.32. The molecule has 0 N–H and O–H groups in total. The summed E-state index contributed by atoms with van der Waals surface area (Å²) in [6.07, 6.45) is -0.178. The molecule has 31 heavy (non-hydrogen) atoms. The SMILES string of the molecule is Cc1ccc(C(=O)O[C@@H]2C3CC(c4ccccc43)[C@@H]2OC(=O)c2ccc(C)cc2)cc1. The molecule has 1 saturated carbocycles. The minimum absolute atomic E-state index is 0.0337. The van der Waals surface area contributed by atoms with Crippen LogP contribution in [0.25, 0.3) is 0 Å². The van der Waals surface area contributed by atoms with Crippen LogP contribution in [-0.2, 0) is 9.47 Å². The van der Waals surface area contributed by atoms with Crippen molar-refractivity contribution in [3.05, 3.63) is 106 Å². The number of esters is 2. The maximum absolute atomic E-state index is 12.9. The lowest BCUT2D eigenvalue weighted by molar-refractivity contribution is -0.0348. The molecule has 5 rings (SSSR count). The van der Waals surface area contributed by atoms with Crippen molar-refractivity contribution in [1.82, 2.24) is 0 Å². The molecule has 156 valence electrons. The van der Waals surface area contributed by atoms with Crippen molar-refractivity contribution in [2.45, 2.75) is 44.3 Å². The van der Waals surface area contributed by atoms with Gasteiger partial charge in [-0.05, 0) is 55.7 Å². The van der Waals surface area contributed by atoms with E-state index in [4.69, 9.17) is 9.47 Å². The average molecular weight is 412 g/mol. The number of rotatable bonds is 4. The topological polar surface area (TPSA) is 52.6 Å². The van der Waals surface area contributed by atoms with E-state index in [1.165, 1.54) is 11.1 Å². The van der Waals surface area contributed by atoms with E-state index in [2.05, 4.69) is 12.1 Å². The van der Waals surface area contributed by atoms with Crippen molar-refractivity contribution in [2.24, 2.45) is 0 Å². The number of hydrogen-bond donors (Lipinski definition) is 0. The Kier molecular flexibility index (Phi) is 4.85. The number of ether oxygens (including phenoxy) is 2. The number of aryl methyl sites for hydroxylation is 2. The van der Waals surface area contributed by atoms with E-state index in [-0.39, 0.29) is 23.8 Å². The van der Waals surface area contributed by atoms with Gasteiger partial charge in [-0.2, -0.15) is 0 Å². The van der Waals surface area contributed by atoms with E-state index < -0.39 is 12.2 Å². The normalized spacial score (nSPS) is 23.3. The van der Waals surface area contributed by atoms with Gasteiger partial charge in [-0.1, -0.05) is 59.7 Å². The van der Waals surface area contributed by atoms with E-state index in [0.717, 1.165) is 17.5 Å². The zero-order valence-electron chi connectivity index (χ0n) is 17.6. The maximum atomic E-state index is 12.9. The third-order valence-corrected chi connectivity index (χ3v) is 6.48. The summed E-state index contributed by atoms with van der Waals surface area (Å²) in [5.41, 5.74) is 5.55. The lowest BCUT2D eigenvalue weighted by Crippen LogP contribution is -2.39. The van der Waals surface area contributed by atoms with Crippen LogP contribution in [0.15, 0.2) is 72.8 Å². The monoisotopic (exact) mass is 412 g/mol. The fraction of sp³-hybridized carbons (Fsp3) is 0.259. The van der Waals surface area contributed by atoms with Crippen LogP contribution in [-0.4, -0.2) is 24.1 Å². The first-order chi connectivity index (χ1) is 15.0. The Hall–Kier alpha value is -3.40. The van der Waals surface area contributed by atoms with Crippen molar-refractivity contribution in [3.63, 3.8) is 0 Å². The van der Waals surface area contributed by atoms with Gasteiger partial charge in [0.2, 0.25) is 0 Å². The second-order valence-corrected chi connectivity index (χ2v) is 8.55. The second-order valence-electron chi connectivity index (χ2n) is 8.55. The summed E-state index contributed by atoms with van der Waals surface area (Å²) >= 11 is 0. The highest BCUT2D eigenvalue weighted by atomic mass is 16.6. The largest absolute Gasteiger partial charge is 0.454 e. The van der Waals surface area contributed by atoms with Crippen molar-refractivity contribution in [3.8, 4) is 0 Å². The first-order valence-corrected chi connectivity index (χ1v) is 10.7. The number of benzene rings is 3. The zero-order valence-corrected chi connectivity index (χ0v) is 17.6. The summed E-state index contributed by atoms with van der Waals surface area (Å²) in [6, 6.07) is 22.8. The van der Waals surface area contributed by atoms with Gasteiger partial charge in [0.05, 0.1) is 11.1 Å². The molecule has 0 aliphatic heterocycles. The van der Waals surface area contributed by atoms with Crippen LogP contribution >= 0.6 is 0 Å². The van der Waals surface area contributed by atoms with Gasteiger partial charge in [0.1, 0.15) is 12.2 Å². The van der Waals surface area contributed by atoms with Crippen molar-refractivity contribution in [1.29, 1.82) is 0 Å². The molecule has 0 radical (unpaired) electrons. The third-order valence-electron chi connectivity index (χ3n) is 6.48. The Morgan fingerprint density at radius 3 is 1.42 bits per heavy atom. The summed E-state index contributed by atoms with van der Waals surface area (Å²) in [5.74, 6) is -0.698. The molecule has 3 aromatic rings. The molecule has 2 unspecified atom stereocenters. The van der Waals surface area contributed by atoms with Gasteiger partial charge in [0.15, 0.2) is 0 Å². The Labute approximate surface area is 181 Å². The van der Waals surface area contributed by atoms with E-state index in [0.29, 0.717) is 11.1 Å². The standard InChI is InChI=1S/C27H24O4/c1-16-7-11-18(12-8-16)26(28)30-24-22-15-23(21-6-4-3-5-20(21)22)25(24)31-27(29)19-13-9-17(2)10-14-19/h3-14,22-25H,15H2,1-2H3/t22?,23?,24-,25+. The van der Waals surface area contributed by atoms with Crippen LogP contribution < -0.4 is 0 Å². The highest BCUT2D eigenvalue weighted by molar-refractivity contribution is 5.90. The van der Waals surface area contributed by atoms with Gasteiger partial charge < -0.3 is 9.47 Å². The molecule has 3 aromatic carbocycles. The van der Waals surface area contributed by atoms with Crippen LogP contribution in [0.5, 0.6) is 0 Å². The minimum Gasteiger partial charge on any atom is -0.454 e. The van der Waals surface area contributed by atoms with Gasteiger partial charge in [-0.15, -0.1) is 0 Å². The molecule has 0 spiro atoms. The van der Waals surface area contributed by atoms with Crippen LogP contribution in [0.3, 0.4) is 0 Å². The summed E-state index contributed by atoms with van der Waals surface area (Å²) in [7, 11) is 0. The Morgan fingerprint density at radius 2 is 1.03 bits per heavy atom. The van der Waals surface area contributed by atoms with Gasteiger partial charge in [0.25, 0.3) is 0 Å². The molecule has 4 heteroatoms. The summed E-state index contributed by atoms with van der Waals surface area (Å²) in [4.78, 5) is 25.8. The Bertz CT molecular complexity index is 1040. The molecule has 0 amide bonds. The molecule has 2 bridgehead atoms. The van der Waals surface area contributed by atoms with Crippen molar-refractivity contribution in [2.75, 3.05) is 0 Å². The third kappa shape index (κ3) is 3.52. The molecule has 2 aliphatic rings. The summed E-state index contributed by atoms with van der Waals surface area (Å²) < 4.78 is 12.0. The molecule has 4 atom stereocenters. The van der Waals surface area contributed by atoms with Gasteiger partial charge >= 0.3 is 11.9 Å². The van der Waals surface area contributed by atoms with Crippen molar-refractivity contribution >= 4 is 11.9 Å². The minimum atomic E-state index is -0.497. The molecule has 2 aliphatic carbocycles. The van der Waals surface area contributed by atoms with Gasteiger partial charge in [-0.25, -0.2) is 9.59 Å². The van der Waals surface area contributed by atoms with Gasteiger partial charge in [0, 0.05) is 11.8 Å². The number of hydrogen-bond acceptors (Lipinski definition) is 4. The molecular weight excluding hydrogens is 388 g/mol. The summed E-state index contributed by atoms with van der Waals surface area (Å²) in [5, 5.41) is 0. The predicted octanol–water partition coefficient (Wildman–Crippen LogP) is 5.34. The second kappa shape index (κ2) is 7.69. The average Bonchev–Trinajstić information content (AvgIpc) is 3.32. The Morgan fingerprint density at radius 1 is 0.645 bits per heavy atom. The van der Waals surface area contributed by atoms with Crippen LogP contribution in [0.4, 0.5) is 0 Å². The molecule has 0 aromatic heterocycles. The highest BCUT2D eigenvalue weighted by Crippen LogP contribution is 2.55. The molecule has 0 heterocycles. The van der Waals surface area contributed by atoms with Crippen LogP contribution in [0, 0.1) is 13.8 Å². The number of carbonyl (C=O) groups excluding carboxylic acids is 2. The fourth-order valence-corrected chi connectivity index (χ4v) is 4.85. The molecule has 0 saturated heterocycles. The van der Waals surface area contributed by atoms with Crippen LogP contribution in [0.1, 0.15) is 61.2 Å². The number of carbonyl (C=O) groups is 2. The first-order valence-electron chi connectivity index (χ1n) is 10.7. The lowest BCUT2D eigenvalue weighted by atomic mass is 9.87. The van der Waals surface area contributed by atoms with Crippen LogP contribution in [0.2, 0.25) is 0 Å². The molecule has 4 nitrogen and oxygen atoms in total. The smallest absolute Gasteiger partial charge is 0.338 e. The van der Waals surface area contributed by atoms with Crippen molar-refractivity contribution < 1.29 is 19.1 Å². The fourth-order valence-electron chi connectivity index (χ4n) is 4.85. The summed E-state index contributed by atoms with van der Waals surface area (Å²) in [6.45, 7) is 3.95. The quantitative estimate of drug-likeness (QED) is 0.543. The zero-order chi connectivity index (χ0) is 21.5. The predicted molar refractivity (Wildman–Crippen MR) is 117 cm³/mol. The van der Waals surface area contributed by atoms with E-state index >= 15 is 0 Å². The maximum Gasteiger partial charge on any atom is 0.338 e. The van der Waals surface area contributed by atoms with E-state index in [9.17, 15) is 9.59 Å². The van der Waals surface area contributed by atoms with Gasteiger partial charge in [-0.3, -0.25) is 0 Å². The first kappa shape index (κ1) is 19.6. The molecule has 1 fully saturated rings. The number of fused-ring (bicyclic) bond motifs is 5. The molecular formula is C27H24O4. The van der Waals surface area contributed by atoms with E-state index in [1.54, 1.807) is 24.3 Å². The Balaban J connectivity index is 1.43.